The molecule has 0 radical (unpaired) electrons. The van der Waals surface area contributed by atoms with Gasteiger partial charge in [-0.25, -0.2) is 0 Å². The molecule has 1 heterocycles. The van der Waals surface area contributed by atoms with Gasteiger partial charge in [0.15, 0.2) is 0 Å². The molecule has 0 bridgehead atoms. The lowest BCUT2D eigenvalue weighted by Crippen LogP contribution is -1.94. The SMILES string of the molecule is c1ccc(-c2ccc3c(c2)c2cc(-c4ccccc4)c4ccccc4c2n3-c2ccccc2)cc1. The van der Waals surface area contributed by atoms with Crippen molar-refractivity contribution in [3.05, 3.63) is 140 Å². The normalized spacial score (nSPS) is 11.4. The minimum Gasteiger partial charge on any atom is -0.309 e. The largest absolute Gasteiger partial charge is 0.309 e. The molecule has 35 heavy (non-hydrogen) atoms. The van der Waals surface area contributed by atoms with Gasteiger partial charge in [-0.2, -0.15) is 0 Å². The number of benzene rings is 6. The predicted molar refractivity (Wildman–Crippen MR) is 149 cm³/mol. The molecule has 0 atom stereocenters. The number of aromatic nitrogens is 1. The molecule has 0 spiro atoms. The average Bonchev–Trinajstić information content (AvgIpc) is 3.28. The number of para-hydroxylation sites is 1. The summed E-state index contributed by atoms with van der Waals surface area (Å²) >= 11 is 0. The van der Waals surface area contributed by atoms with Crippen LogP contribution in [0.15, 0.2) is 140 Å². The molecule has 1 nitrogen and oxygen atoms in total. The molecule has 0 saturated carbocycles. The zero-order chi connectivity index (χ0) is 23.2. The number of hydrogen-bond donors (Lipinski definition) is 0. The second-order valence-electron chi connectivity index (χ2n) is 9.00. The van der Waals surface area contributed by atoms with Crippen LogP contribution < -0.4 is 0 Å². The smallest absolute Gasteiger partial charge is 0.0619 e. The molecule has 0 saturated heterocycles. The van der Waals surface area contributed by atoms with Gasteiger partial charge in [0, 0.05) is 21.8 Å². The second kappa shape index (κ2) is 8.00. The highest BCUT2D eigenvalue weighted by molar-refractivity contribution is 6.22. The fourth-order valence-corrected chi connectivity index (χ4v) is 5.39. The quantitative estimate of drug-likeness (QED) is 0.255. The third kappa shape index (κ3) is 3.17. The van der Waals surface area contributed by atoms with E-state index in [-0.39, 0.29) is 0 Å². The highest BCUT2D eigenvalue weighted by Crippen LogP contribution is 2.42. The Labute approximate surface area is 204 Å². The molecule has 7 rings (SSSR count). The fraction of sp³-hybridized carbons (Fsp3) is 0. The van der Waals surface area contributed by atoms with Gasteiger partial charge in [0.25, 0.3) is 0 Å². The lowest BCUT2D eigenvalue weighted by Gasteiger charge is -2.12. The van der Waals surface area contributed by atoms with Crippen LogP contribution in [0.3, 0.4) is 0 Å². The van der Waals surface area contributed by atoms with Gasteiger partial charge < -0.3 is 4.57 Å². The zero-order valence-corrected chi connectivity index (χ0v) is 19.2. The molecule has 0 aliphatic heterocycles. The number of hydrogen-bond acceptors (Lipinski definition) is 0. The van der Waals surface area contributed by atoms with E-state index in [4.69, 9.17) is 0 Å². The summed E-state index contributed by atoms with van der Waals surface area (Å²) in [6.45, 7) is 0. The second-order valence-corrected chi connectivity index (χ2v) is 9.00. The van der Waals surface area contributed by atoms with Crippen molar-refractivity contribution >= 4 is 32.6 Å². The fourth-order valence-electron chi connectivity index (χ4n) is 5.39. The van der Waals surface area contributed by atoms with Crippen LogP contribution in [0.5, 0.6) is 0 Å². The number of rotatable bonds is 3. The van der Waals surface area contributed by atoms with Crippen LogP contribution in [0, 0.1) is 0 Å². The summed E-state index contributed by atoms with van der Waals surface area (Å²) in [6.07, 6.45) is 0. The zero-order valence-electron chi connectivity index (χ0n) is 19.2. The number of fused-ring (bicyclic) bond motifs is 5. The predicted octanol–water partition coefficient (Wildman–Crippen LogP) is 9.27. The minimum atomic E-state index is 1.18. The summed E-state index contributed by atoms with van der Waals surface area (Å²) in [5, 5.41) is 5.09. The molecule has 0 aliphatic rings. The third-order valence-electron chi connectivity index (χ3n) is 6.97. The van der Waals surface area contributed by atoms with Crippen LogP contribution in [0.4, 0.5) is 0 Å². The van der Waals surface area contributed by atoms with E-state index in [1.165, 1.54) is 60.5 Å². The molecule has 6 aromatic carbocycles. The van der Waals surface area contributed by atoms with Crippen molar-refractivity contribution in [2.45, 2.75) is 0 Å². The molecular formula is C34H23N. The first-order valence-electron chi connectivity index (χ1n) is 12.0. The van der Waals surface area contributed by atoms with Crippen LogP contribution in [-0.4, -0.2) is 4.57 Å². The van der Waals surface area contributed by atoms with Crippen molar-refractivity contribution in [3.8, 4) is 27.9 Å². The Bertz CT molecular complexity index is 1810. The van der Waals surface area contributed by atoms with Gasteiger partial charge in [-0.3, -0.25) is 0 Å². The van der Waals surface area contributed by atoms with Crippen LogP contribution in [0.25, 0.3) is 60.5 Å². The summed E-state index contributed by atoms with van der Waals surface area (Å²) in [5.74, 6) is 0. The molecule has 0 unspecified atom stereocenters. The van der Waals surface area contributed by atoms with E-state index in [0.717, 1.165) is 0 Å². The van der Waals surface area contributed by atoms with E-state index in [0.29, 0.717) is 0 Å². The first-order chi connectivity index (χ1) is 17.4. The van der Waals surface area contributed by atoms with Gasteiger partial charge in [-0.1, -0.05) is 109 Å². The molecule has 164 valence electrons. The molecule has 1 aromatic heterocycles. The van der Waals surface area contributed by atoms with E-state index in [2.05, 4.69) is 144 Å². The van der Waals surface area contributed by atoms with E-state index in [9.17, 15) is 0 Å². The van der Waals surface area contributed by atoms with E-state index in [1.54, 1.807) is 0 Å². The van der Waals surface area contributed by atoms with Gasteiger partial charge in [0.1, 0.15) is 0 Å². The average molecular weight is 446 g/mol. The van der Waals surface area contributed by atoms with Crippen LogP contribution in [0.2, 0.25) is 0 Å². The highest BCUT2D eigenvalue weighted by Gasteiger charge is 2.18. The molecule has 0 fully saturated rings. The molecular weight excluding hydrogens is 422 g/mol. The maximum absolute atomic E-state index is 2.43. The van der Waals surface area contributed by atoms with E-state index >= 15 is 0 Å². The molecule has 7 aromatic rings. The van der Waals surface area contributed by atoms with Gasteiger partial charge >= 0.3 is 0 Å². The Balaban J connectivity index is 1.67. The summed E-state index contributed by atoms with van der Waals surface area (Å²) in [5.41, 5.74) is 8.64. The van der Waals surface area contributed by atoms with Crippen molar-refractivity contribution in [2.24, 2.45) is 0 Å². The van der Waals surface area contributed by atoms with Gasteiger partial charge in [0.2, 0.25) is 0 Å². The Morgan fingerprint density at radius 3 is 1.69 bits per heavy atom. The monoisotopic (exact) mass is 445 g/mol. The molecule has 0 N–H and O–H groups in total. The summed E-state index contributed by atoms with van der Waals surface area (Å²) < 4.78 is 2.43. The topological polar surface area (TPSA) is 4.93 Å². The minimum absolute atomic E-state index is 1.18. The third-order valence-corrected chi connectivity index (χ3v) is 6.97. The lowest BCUT2D eigenvalue weighted by molar-refractivity contribution is 1.19. The van der Waals surface area contributed by atoms with Crippen LogP contribution in [0.1, 0.15) is 0 Å². The Hall–Kier alpha value is -4.62. The summed E-state index contributed by atoms with van der Waals surface area (Å²) in [4.78, 5) is 0. The maximum atomic E-state index is 2.43. The molecule has 1 heteroatoms. The van der Waals surface area contributed by atoms with Gasteiger partial charge in [0.05, 0.1) is 11.0 Å². The number of nitrogens with zero attached hydrogens (tertiary/aromatic N) is 1. The maximum Gasteiger partial charge on any atom is 0.0619 e. The standard InChI is InChI=1S/C34H23N/c1-4-12-24(13-5-1)26-20-21-33-31(22-26)32-23-30(25-14-6-2-7-15-25)28-18-10-11-19-29(28)34(32)35(33)27-16-8-3-9-17-27/h1-23H. The van der Waals surface area contributed by atoms with Crippen LogP contribution >= 0.6 is 0 Å². The first kappa shape index (κ1) is 19.8. The van der Waals surface area contributed by atoms with E-state index < -0.39 is 0 Å². The Kier molecular flexibility index (Phi) is 4.53. The molecule has 0 aliphatic carbocycles. The van der Waals surface area contributed by atoms with Crippen molar-refractivity contribution in [1.29, 1.82) is 0 Å². The van der Waals surface area contributed by atoms with Gasteiger partial charge in [-0.05, 0) is 58.0 Å². The summed E-state index contributed by atoms with van der Waals surface area (Å²) in [6, 6.07) is 50.2. The van der Waals surface area contributed by atoms with Crippen LogP contribution in [-0.2, 0) is 0 Å². The highest BCUT2D eigenvalue weighted by atomic mass is 15.0. The van der Waals surface area contributed by atoms with E-state index in [1.807, 2.05) is 0 Å². The Morgan fingerprint density at radius 1 is 0.371 bits per heavy atom. The van der Waals surface area contributed by atoms with Crippen molar-refractivity contribution < 1.29 is 0 Å². The van der Waals surface area contributed by atoms with Crippen molar-refractivity contribution in [3.63, 3.8) is 0 Å². The van der Waals surface area contributed by atoms with Crippen molar-refractivity contribution in [2.75, 3.05) is 0 Å². The van der Waals surface area contributed by atoms with Crippen molar-refractivity contribution in [1.82, 2.24) is 4.57 Å². The Morgan fingerprint density at radius 2 is 0.971 bits per heavy atom. The summed E-state index contributed by atoms with van der Waals surface area (Å²) in [7, 11) is 0. The first-order valence-corrected chi connectivity index (χ1v) is 12.0. The molecule has 0 amide bonds. The lowest BCUT2D eigenvalue weighted by atomic mass is 9.94. The van der Waals surface area contributed by atoms with Gasteiger partial charge in [-0.15, -0.1) is 0 Å².